The van der Waals surface area contributed by atoms with E-state index < -0.39 is 27.9 Å². The lowest BCUT2D eigenvalue weighted by Crippen LogP contribution is -2.49. The molecule has 230 valence electrons. The van der Waals surface area contributed by atoms with Crippen LogP contribution in [0, 0.1) is 22.0 Å². The van der Waals surface area contributed by atoms with Crippen LogP contribution in [0.4, 0.5) is 16.4 Å². The zero-order valence-electron chi connectivity index (χ0n) is 25.3. The summed E-state index contributed by atoms with van der Waals surface area (Å²) in [6.45, 7) is 8.24. The number of hydrogen-bond acceptors (Lipinski definition) is 9. The Labute approximate surface area is 252 Å². The van der Waals surface area contributed by atoms with Crippen LogP contribution >= 0.6 is 0 Å². The van der Waals surface area contributed by atoms with Gasteiger partial charge in [-0.15, -0.1) is 5.92 Å². The molecule has 1 atom stereocenters. The maximum absolute atomic E-state index is 14.0. The third-order valence-corrected chi connectivity index (χ3v) is 7.31. The van der Waals surface area contributed by atoms with Crippen molar-refractivity contribution < 1.29 is 14.5 Å². The number of amides is 1. The van der Waals surface area contributed by atoms with E-state index in [1.807, 2.05) is 4.90 Å². The molecule has 44 heavy (non-hydrogen) atoms. The van der Waals surface area contributed by atoms with Gasteiger partial charge in [0, 0.05) is 43.7 Å². The van der Waals surface area contributed by atoms with Gasteiger partial charge in [-0.05, 0) is 52.7 Å². The minimum atomic E-state index is -0.626. The molecule has 1 aliphatic heterocycles. The zero-order chi connectivity index (χ0) is 31.8. The van der Waals surface area contributed by atoms with Gasteiger partial charge in [0.25, 0.3) is 11.2 Å². The highest BCUT2D eigenvalue weighted by atomic mass is 16.6. The molecule has 5 rings (SSSR count). The first-order valence-electron chi connectivity index (χ1n) is 14.2. The molecule has 1 amide bonds. The number of nitrogens with one attached hydrogen (secondary N) is 1. The van der Waals surface area contributed by atoms with E-state index in [9.17, 15) is 24.5 Å². The number of rotatable bonds is 6. The monoisotopic (exact) mass is 602 g/mol. The number of nitro benzene ring substituents is 1. The molecule has 1 saturated heterocycles. The summed E-state index contributed by atoms with van der Waals surface area (Å²) >= 11 is 0. The predicted octanol–water partition coefficient (Wildman–Crippen LogP) is 2.92. The molecule has 3 aromatic heterocycles. The van der Waals surface area contributed by atoms with Gasteiger partial charge in [0.15, 0.2) is 11.2 Å². The average molecular weight is 603 g/mol. The van der Waals surface area contributed by atoms with Gasteiger partial charge in [0.2, 0.25) is 5.95 Å². The topological polar surface area (TPSA) is 159 Å². The number of aryl methyl sites for hydroxylation is 1. The zero-order valence-corrected chi connectivity index (χ0v) is 25.3. The molecular weight excluding hydrogens is 568 g/mol. The molecule has 1 N–H and O–H groups in total. The number of non-ortho nitro benzene ring substituents is 1. The largest absolute Gasteiger partial charge is 0.444 e. The summed E-state index contributed by atoms with van der Waals surface area (Å²) in [6.07, 6.45) is 1.02. The molecule has 4 heterocycles. The molecule has 1 fully saturated rings. The van der Waals surface area contributed by atoms with E-state index in [4.69, 9.17) is 9.72 Å². The predicted molar refractivity (Wildman–Crippen MR) is 165 cm³/mol. The molecular formula is C30H34N8O6. The Hall–Kier alpha value is -5.19. The van der Waals surface area contributed by atoms with Gasteiger partial charge in [-0.1, -0.05) is 12.0 Å². The molecule has 14 heteroatoms. The number of ether oxygens (including phenoxy) is 1. The molecule has 0 aliphatic carbocycles. The SMILES string of the molecule is CC#CCn1c(N2CCC[C@@H](NC(=O)OC(C)(C)C)C2)nc2c1c(=O)n(Cc1ccc3cc([N+](=O)[O-])ccc3n1)c(=O)n2C. The van der Waals surface area contributed by atoms with Crippen LogP contribution in [0.5, 0.6) is 0 Å². The normalized spacial score (nSPS) is 15.2. The van der Waals surface area contributed by atoms with Gasteiger partial charge in [0.05, 0.1) is 29.2 Å². The van der Waals surface area contributed by atoms with E-state index in [0.29, 0.717) is 35.6 Å². The summed E-state index contributed by atoms with van der Waals surface area (Å²) in [7, 11) is 1.56. The third kappa shape index (κ3) is 6.12. The molecule has 0 unspecified atom stereocenters. The number of carbonyl (C=O) groups is 1. The van der Waals surface area contributed by atoms with Crippen LogP contribution in [0.15, 0.2) is 39.9 Å². The number of nitro groups is 1. The van der Waals surface area contributed by atoms with Gasteiger partial charge >= 0.3 is 11.8 Å². The summed E-state index contributed by atoms with van der Waals surface area (Å²) in [5, 5.41) is 14.6. The Morgan fingerprint density at radius 2 is 1.95 bits per heavy atom. The van der Waals surface area contributed by atoms with Gasteiger partial charge in [-0.25, -0.2) is 9.59 Å². The van der Waals surface area contributed by atoms with Crippen LogP contribution in [-0.2, 0) is 24.9 Å². The van der Waals surface area contributed by atoms with Crippen LogP contribution in [0.25, 0.3) is 22.1 Å². The summed E-state index contributed by atoms with van der Waals surface area (Å²) in [5.74, 6) is 6.36. The van der Waals surface area contributed by atoms with Crippen molar-refractivity contribution in [2.45, 2.75) is 65.3 Å². The highest BCUT2D eigenvalue weighted by molar-refractivity contribution is 5.81. The van der Waals surface area contributed by atoms with Gasteiger partial charge in [-0.2, -0.15) is 4.98 Å². The molecule has 1 aromatic carbocycles. The van der Waals surface area contributed by atoms with Crippen molar-refractivity contribution in [3.8, 4) is 11.8 Å². The summed E-state index contributed by atoms with van der Waals surface area (Å²) < 4.78 is 9.58. The average Bonchev–Trinajstić information content (AvgIpc) is 3.35. The summed E-state index contributed by atoms with van der Waals surface area (Å²) in [4.78, 5) is 61.8. The van der Waals surface area contributed by atoms with Crippen LogP contribution in [-0.4, -0.2) is 59.4 Å². The molecule has 14 nitrogen and oxygen atoms in total. The molecule has 0 saturated carbocycles. The van der Waals surface area contributed by atoms with Crippen molar-refractivity contribution >= 4 is 39.8 Å². The minimum absolute atomic E-state index is 0.0533. The second kappa shape index (κ2) is 11.8. The minimum Gasteiger partial charge on any atom is -0.444 e. The van der Waals surface area contributed by atoms with Crippen molar-refractivity contribution in [1.29, 1.82) is 0 Å². The summed E-state index contributed by atoms with van der Waals surface area (Å²) in [5.41, 5.74) is -0.379. The van der Waals surface area contributed by atoms with Crippen LogP contribution in [0.2, 0.25) is 0 Å². The fourth-order valence-corrected chi connectivity index (χ4v) is 5.32. The van der Waals surface area contributed by atoms with E-state index in [-0.39, 0.29) is 36.0 Å². The maximum Gasteiger partial charge on any atom is 0.407 e. The standard InChI is InChI=1S/C30H34N8O6/c1-6-7-15-36-24-25(33-27(36)35-14-8-9-20(17-35)32-28(40)44-30(2,3)4)34(5)29(41)37(26(24)39)18-21-11-10-19-16-22(38(42)43)12-13-23(19)31-21/h10-13,16,20H,8-9,14-15,17-18H2,1-5H3,(H,32,40)/t20-/m1/s1. The molecule has 0 radical (unpaired) electrons. The van der Waals surface area contributed by atoms with Crippen molar-refractivity contribution in [3.63, 3.8) is 0 Å². The van der Waals surface area contributed by atoms with Gasteiger partial charge in [-0.3, -0.25) is 33.6 Å². The van der Waals surface area contributed by atoms with Crippen molar-refractivity contribution in [2.24, 2.45) is 7.05 Å². The quantitative estimate of drug-likeness (QED) is 0.199. The Morgan fingerprint density at radius 3 is 2.66 bits per heavy atom. The number of fused-ring (bicyclic) bond motifs is 2. The van der Waals surface area contributed by atoms with Crippen molar-refractivity contribution in [1.82, 2.24) is 29.0 Å². The third-order valence-electron chi connectivity index (χ3n) is 7.31. The number of anilines is 1. The Bertz CT molecular complexity index is 1960. The molecule has 4 aromatic rings. The first-order chi connectivity index (χ1) is 20.9. The van der Waals surface area contributed by atoms with E-state index >= 15 is 0 Å². The maximum atomic E-state index is 14.0. The molecule has 1 aliphatic rings. The lowest BCUT2D eigenvalue weighted by molar-refractivity contribution is -0.384. The second-order valence-corrected chi connectivity index (χ2v) is 11.7. The first kappa shape index (κ1) is 30.3. The Balaban J connectivity index is 1.53. The fraction of sp³-hybridized carbons (Fsp3) is 0.433. The number of pyridine rings is 1. The summed E-state index contributed by atoms with van der Waals surface area (Å²) in [6, 6.07) is 7.43. The van der Waals surface area contributed by atoms with E-state index in [1.54, 1.807) is 51.4 Å². The number of hydrogen-bond donors (Lipinski definition) is 1. The lowest BCUT2D eigenvalue weighted by atomic mass is 10.1. The Morgan fingerprint density at radius 1 is 1.18 bits per heavy atom. The highest BCUT2D eigenvalue weighted by Crippen LogP contribution is 2.24. The van der Waals surface area contributed by atoms with E-state index in [2.05, 4.69) is 22.1 Å². The molecule has 0 spiro atoms. The Kier molecular flexibility index (Phi) is 8.14. The number of aromatic nitrogens is 5. The number of benzene rings is 1. The first-order valence-corrected chi connectivity index (χ1v) is 14.2. The lowest BCUT2D eigenvalue weighted by Gasteiger charge is -2.34. The molecule has 0 bridgehead atoms. The fourth-order valence-electron chi connectivity index (χ4n) is 5.32. The van der Waals surface area contributed by atoms with Crippen LogP contribution in [0.3, 0.4) is 0 Å². The van der Waals surface area contributed by atoms with Crippen molar-refractivity contribution in [2.75, 3.05) is 18.0 Å². The smallest absolute Gasteiger partial charge is 0.407 e. The number of imidazole rings is 1. The number of piperidine rings is 1. The van der Waals surface area contributed by atoms with Crippen molar-refractivity contribution in [3.05, 3.63) is 67.0 Å². The number of nitrogens with zero attached hydrogens (tertiary/aromatic N) is 7. The number of alkyl carbamates (subject to hydrolysis) is 1. The van der Waals surface area contributed by atoms with Crippen LogP contribution in [0.1, 0.15) is 46.2 Å². The van der Waals surface area contributed by atoms with E-state index in [0.717, 1.165) is 17.4 Å². The van der Waals surface area contributed by atoms with Crippen LogP contribution < -0.4 is 21.5 Å². The highest BCUT2D eigenvalue weighted by Gasteiger charge is 2.29. The van der Waals surface area contributed by atoms with E-state index in [1.165, 1.54) is 22.8 Å². The second-order valence-electron chi connectivity index (χ2n) is 11.7. The van der Waals surface area contributed by atoms with Gasteiger partial charge in [0.1, 0.15) is 5.60 Å². The van der Waals surface area contributed by atoms with Gasteiger partial charge < -0.3 is 15.0 Å². The number of carbonyl (C=O) groups excluding carboxylic acids is 1.